The molecule has 8 nitrogen and oxygen atoms in total. The average molecular weight is 353 g/mol. The summed E-state index contributed by atoms with van der Waals surface area (Å²) in [5.74, 6) is -2.75. The minimum atomic E-state index is -1.32. The van der Waals surface area contributed by atoms with Gasteiger partial charge in [0.25, 0.3) is 5.91 Å². The maximum atomic E-state index is 12.4. The molecule has 4 N–H and O–H groups in total. The Morgan fingerprint density at radius 2 is 1.85 bits per heavy atom. The number of carboxylic acid groups (broad SMARTS) is 1. The van der Waals surface area contributed by atoms with Gasteiger partial charge in [0.15, 0.2) is 0 Å². The van der Waals surface area contributed by atoms with Crippen LogP contribution >= 0.6 is 0 Å². The van der Waals surface area contributed by atoms with Crippen molar-refractivity contribution in [3.8, 4) is 11.8 Å². The molecule has 0 aliphatic heterocycles. The van der Waals surface area contributed by atoms with Crippen LogP contribution in [-0.2, 0) is 4.79 Å². The molecule has 0 spiro atoms. The number of phenols is 1. The molecule has 2 aromatic rings. The molecule has 0 heterocycles. The zero-order chi connectivity index (χ0) is 19.3. The van der Waals surface area contributed by atoms with E-state index in [9.17, 15) is 19.5 Å². The van der Waals surface area contributed by atoms with Crippen LogP contribution in [0.1, 0.15) is 32.7 Å². The van der Waals surface area contributed by atoms with Gasteiger partial charge in [0, 0.05) is 16.9 Å². The highest BCUT2D eigenvalue weighted by Crippen LogP contribution is 2.23. The Labute approximate surface area is 148 Å². The lowest BCUT2D eigenvalue weighted by Crippen LogP contribution is -2.15. The molecule has 0 unspecified atom stereocenters. The Balaban J connectivity index is 2.22. The number of carbonyl (C=O) groups excluding carboxylic acids is 2. The summed E-state index contributed by atoms with van der Waals surface area (Å²) < 4.78 is 0. The summed E-state index contributed by atoms with van der Waals surface area (Å²) in [6.45, 7) is 1.74. The fourth-order valence-corrected chi connectivity index (χ4v) is 2.15. The molecular weight excluding hydrogens is 338 g/mol. The number of carboxylic acids is 1. The normalized spacial score (nSPS) is 9.85. The molecule has 26 heavy (non-hydrogen) atoms. The number of nitrogens with one attached hydrogen (secondary N) is 2. The number of hydrogen-bond acceptors (Lipinski definition) is 5. The van der Waals surface area contributed by atoms with E-state index >= 15 is 0 Å². The number of nitriles is 1. The monoisotopic (exact) mass is 353 g/mol. The van der Waals surface area contributed by atoms with Crippen molar-refractivity contribution in [3.05, 3.63) is 53.1 Å². The molecule has 2 amide bonds. The van der Waals surface area contributed by atoms with Crippen LogP contribution in [0.4, 0.5) is 11.4 Å². The van der Waals surface area contributed by atoms with Crippen molar-refractivity contribution in [2.75, 3.05) is 10.6 Å². The minimum Gasteiger partial charge on any atom is -0.507 e. The molecule has 0 saturated heterocycles. The first kappa shape index (κ1) is 18.5. The molecule has 8 heteroatoms. The van der Waals surface area contributed by atoms with Gasteiger partial charge in [0.1, 0.15) is 17.7 Å². The van der Waals surface area contributed by atoms with Gasteiger partial charge in [0.2, 0.25) is 5.91 Å². The van der Waals surface area contributed by atoms with Crippen LogP contribution in [0.5, 0.6) is 5.75 Å². The van der Waals surface area contributed by atoms with Crippen molar-refractivity contribution in [1.29, 1.82) is 5.26 Å². The van der Waals surface area contributed by atoms with Crippen molar-refractivity contribution in [1.82, 2.24) is 0 Å². The second-order valence-electron chi connectivity index (χ2n) is 5.40. The molecule has 0 saturated carbocycles. The molecule has 0 aromatic heterocycles. The standard InChI is InChI=1S/C18H15N3O5/c1-10-2-3-11(8-14(10)21-16(23)6-7-19)17(24)20-12-4-5-15(22)13(9-12)18(25)26/h2-5,8-9,22H,6H2,1H3,(H,20,24)(H,21,23)(H,25,26). The zero-order valence-electron chi connectivity index (χ0n) is 13.7. The van der Waals surface area contributed by atoms with Gasteiger partial charge in [-0.05, 0) is 42.8 Å². The molecule has 0 fully saturated rings. The lowest BCUT2D eigenvalue weighted by atomic mass is 10.1. The van der Waals surface area contributed by atoms with Gasteiger partial charge in [0.05, 0.1) is 6.07 Å². The summed E-state index contributed by atoms with van der Waals surface area (Å²) >= 11 is 0. The van der Waals surface area contributed by atoms with Crippen LogP contribution in [0.15, 0.2) is 36.4 Å². The maximum absolute atomic E-state index is 12.4. The van der Waals surface area contributed by atoms with Crippen LogP contribution < -0.4 is 10.6 Å². The van der Waals surface area contributed by atoms with Gasteiger partial charge in [-0.3, -0.25) is 9.59 Å². The first-order chi connectivity index (χ1) is 12.3. The molecule has 0 aliphatic carbocycles. The highest BCUT2D eigenvalue weighted by Gasteiger charge is 2.14. The number of hydrogen-bond donors (Lipinski definition) is 4. The van der Waals surface area contributed by atoms with E-state index in [1.807, 2.05) is 0 Å². The third-order valence-electron chi connectivity index (χ3n) is 3.50. The van der Waals surface area contributed by atoms with Gasteiger partial charge >= 0.3 is 5.97 Å². The fourth-order valence-electron chi connectivity index (χ4n) is 2.15. The summed E-state index contributed by atoms with van der Waals surface area (Å²) in [4.78, 5) is 35.0. The lowest BCUT2D eigenvalue weighted by molar-refractivity contribution is -0.115. The number of aryl methyl sites for hydroxylation is 1. The van der Waals surface area contributed by atoms with Crippen LogP contribution in [0.2, 0.25) is 0 Å². The molecule has 0 bridgehead atoms. The van der Waals surface area contributed by atoms with E-state index in [0.29, 0.717) is 11.3 Å². The van der Waals surface area contributed by atoms with E-state index in [0.717, 1.165) is 6.07 Å². The van der Waals surface area contributed by atoms with Crippen LogP contribution in [-0.4, -0.2) is 28.0 Å². The average Bonchev–Trinajstić information content (AvgIpc) is 2.58. The van der Waals surface area contributed by atoms with Gasteiger partial charge in [-0.1, -0.05) is 6.07 Å². The predicted octanol–water partition coefficient (Wildman–Crippen LogP) is 2.50. The van der Waals surface area contributed by atoms with E-state index in [1.165, 1.54) is 18.2 Å². The Hall–Kier alpha value is -3.86. The lowest BCUT2D eigenvalue weighted by Gasteiger charge is -2.11. The third-order valence-corrected chi connectivity index (χ3v) is 3.50. The molecular formula is C18H15N3O5. The van der Waals surface area contributed by atoms with E-state index in [-0.39, 0.29) is 23.2 Å². The minimum absolute atomic E-state index is 0.195. The zero-order valence-corrected chi connectivity index (χ0v) is 13.7. The Bertz CT molecular complexity index is 931. The molecule has 0 atom stereocenters. The van der Waals surface area contributed by atoms with E-state index in [4.69, 9.17) is 10.4 Å². The maximum Gasteiger partial charge on any atom is 0.339 e. The first-order valence-electron chi connectivity index (χ1n) is 7.47. The molecule has 0 aliphatic rings. The summed E-state index contributed by atoms with van der Waals surface area (Å²) in [6.07, 6.45) is -0.304. The summed E-state index contributed by atoms with van der Waals surface area (Å²) in [5.41, 5.74) is 1.20. The van der Waals surface area contributed by atoms with Crippen molar-refractivity contribution < 1.29 is 24.6 Å². The molecule has 0 radical (unpaired) electrons. The van der Waals surface area contributed by atoms with Crippen molar-refractivity contribution in [3.63, 3.8) is 0 Å². The van der Waals surface area contributed by atoms with Gasteiger partial charge < -0.3 is 20.8 Å². The van der Waals surface area contributed by atoms with Crippen molar-refractivity contribution in [2.24, 2.45) is 0 Å². The summed E-state index contributed by atoms with van der Waals surface area (Å²) in [7, 11) is 0. The van der Waals surface area contributed by atoms with Gasteiger partial charge in [-0.15, -0.1) is 0 Å². The smallest absolute Gasteiger partial charge is 0.339 e. The number of aromatic carboxylic acids is 1. The largest absolute Gasteiger partial charge is 0.507 e. The summed E-state index contributed by atoms with van der Waals surface area (Å²) in [5, 5.41) is 32.1. The SMILES string of the molecule is Cc1ccc(C(=O)Nc2ccc(O)c(C(=O)O)c2)cc1NC(=O)CC#N. The Morgan fingerprint density at radius 1 is 1.12 bits per heavy atom. The second-order valence-corrected chi connectivity index (χ2v) is 5.40. The number of nitrogens with zero attached hydrogens (tertiary/aromatic N) is 1. The molecule has 2 rings (SSSR count). The Kier molecular flexibility index (Phi) is 5.55. The van der Waals surface area contributed by atoms with Crippen molar-refractivity contribution >= 4 is 29.2 Å². The molecule has 132 valence electrons. The van der Waals surface area contributed by atoms with Gasteiger partial charge in [-0.2, -0.15) is 5.26 Å². The van der Waals surface area contributed by atoms with E-state index < -0.39 is 23.5 Å². The van der Waals surface area contributed by atoms with E-state index in [1.54, 1.807) is 25.1 Å². The predicted molar refractivity (Wildman–Crippen MR) is 93.1 cm³/mol. The van der Waals surface area contributed by atoms with Crippen LogP contribution in [0.3, 0.4) is 0 Å². The third kappa shape index (κ3) is 4.36. The summed E-state index contributed by atoms with van der Waals surface area (Å²) in [6, 6.07) is 10.0. The van der Waals surface area contributed by atoms with E-state index in [2.05, 4.69) is 10.6 Å². The second kappa shape index (κ2) is 7.81. The highest BCUT2D eigenvalue weighted by atomic mass is 16.4. The van der Waals surface area contributed by atoms with Crippen LogP contribution in [0, 0.1) is 18.3 Å². The highest BCUT2D eigenvalue weighted by molar-refractivity contribution is 6.06. The van der Waals surface area contributed by atoms with Crippen molar-refractivity contribution in [2.45, 2.75) is 13.3 Å². The number of anilines is 2. The van der Waals surface area contributed by atoms with Gasteiger partial charge in [-0.25, -0.2) is 4.79 Å². The topological polar surface area (TPSA) is 140 Å². The quantitative estimate of drug-likeness (QED) is 0.609. The number of benzene rings is 2. The first-order valence-corrected chi connectivity index (χ1v) is 7.47. The molecule has 2 aromatic carbocycles. The fraction of sp³-hybridized carbons (Fsp3) is 0.111. The number of carbonyl (C=O) groups is 3. The number of rotatable bonds is 5. The van der Waals surface area contributed by atoms with Crippen LogP contribution in [0.25, 0.3) is 0 Å². The Morgan fingerprint density at radius 3 is 2.50 bits per heavy atom. The number of amides is 2. The number of aromatic hydroxyl groups is 1.